The van der Waals surface area contributed by atoms with E-state index in [-0.39, 0.29) is 11.9 Å². The van der Waals surface area contributed by atoms with Crippen molar-refractivity contribution in [3.05, 3.63) is 42.2 Å². The van der Waals surface area contributed by atoms with Crippen molar-refractivity contribution < 1.29 is 9.53 Å². The number of amides is 1. The number of piperidine rings is 1. The van der Waals surface area contributed by atoms with Crippen LogP contribution in [-0.2, 0) is 0 Å². The molecule has 1 saturated heterocycles. The molecule has 6 heteroatoms. The van der Waals surface area contributed by atoms with Crippen molar-refractivity contribution in [2.75, 3.05) is 19.7 Å². The number of para-hydroxylation sites is 1. The zero-order valence-corrected chi connectivity index (χ0v) is 14.9. The maximum atomic E-state index is 12.7. The molecule has 0 spiro atoms. The quantitative estimate of drug-likeness (QED) is 0.846. The lowest BCUT2D eigenvalue weighted by Gasteiger charge is -2.23. The first-order chi connectivity index (χ1) is 12.1. The summed E-state index contributed by atoms with van der Waals surface area (Å²) in [6.07, 6.45) is 3.84. The fourth-order valence-corrected chi connectivity index (χ4v) is 2.82. The standard InChI is InChI=1S/C19H26N4O2/c1-14(2)13-25-17-12-23(16-8-4-3-5-9-16)22-18(17)19(24)21-15-7-6-10-20-11-15/h3-5,8-9,12,14-15,20H,6-7,10-11,13H2,1-2H3,(H,21,24). The number of nitrogens with zero attached hydrogens (tertiary/aromatic N) is 2. The van der Waals surface area contributed by atoms with Crippen LogP contribution in [0.25, 0.3) is 5.69 Å². The first kappa shape index (κ1) is 17.5. The largest absolute Gasteiger partial charge is 0.489 e. The molecule has 134 valence electrons. The van der Waals surface area contributed by atoms with Crippen LogP contribution in [0.1, 0.15) is 37.2 Å². The average molecular weight is 342 g/mol. The molecule has 25 heavy (non-hydrogen) atoms. The number of hydrogen-bond acceptors (Lipinski definition) is 4. The van der Waals surface area contributed by atoms with Gasteiger partial charge in [-0.1, -0.05) is 32.0 Å². The third-order valence-corrected chi connectivity index (χ3v) is 4.12. The van der Waals surface area contributed by atoms with Crippen LogP contribution in [0.4, 0.5) is 0 Å². The van der Waals surface area contributed by atoms with Crippen LogP contribution in [0.5, 0.6) is 5.75 Å². The zero-order chi connectivity index (χ0) is 17.6. The van der Waals surface area contributed by atoms with E-state index >= 15 is 0 Å². The molecule has 0 radical (unpaired) electrons. The van der Waals surface area contributed by atoms with Crippen molar-refractivity contribution in [1.82, 2.24) is 20.4 Å². The number of carbonyl (C=O) groups excluding carboxylic acids is 1. The lowest BCUT2D eigenvalue weighted by molar-refractivity contribution is 0.0920. The molecule has 0 aliphatic carbocycles. The van der Waals surface area contributed by atoms with Gasteiger partial charge in [-0.2, -0.15) is 5.10 Å². The predicted molar refractivity (Wildman–Crippen MR) is 97.3 cm³/mol. The van der Waals surface area contributed by atoms with E-state index in [1.54, 1.807) is 10.9 Å². The number of rotatable bonds is 6. The molecule has 6 nitrogen and oxygen atoms in total. The van der Waals surface area contributed by atoms with Gasteiger partial charge in [-0.05, 0) is 37.4 Å². The van der Waals surface area contributed by atoms with Crippen LogP contribution < -0.4 is 15.4 Å². The summed E-state index contributed by atoms with van der Waals surface area (Å²) in [6, 6.07) is 9.88. The summed E-state index contributed by atoms with van der Waals surface area (Å²) >= 11 is 0. The van der Waals surface area contributed by atoms with Gasteiger partial charge < -0.3 is 15.4 Å². The highest BCUT2D eigenvalue weighted by atomic mass is 16.5. The number of benzene rings is 1. The minimum atomic E-state index is -0.179. The average Bonchev–Trinajstić information content (AvgIpc) is 3.06. The van der Waals surface area contributed by atoms with Gasteiger partial charge in [0, 0.05) is 12.6 Å². The lowest BCUT2D eigenvalue weighted by Crippen LogP contribution is -2.45. The molecule has 1 aromatic heterocycles. The molecule has 1 aromatic carbocycles. The Morgan fingerprint density at radius 1 is 1.40 bits per heavy atom. The van der Waals surface area contributed by atoms with E-state index in [1.807, 2.05) is 30.3 Å². The highest BCUT2D eigenvalue weighted by molar-refractivity contribution is 5.95. The van der Waals surface area contributed by atoms with Crippen molar-refractivity contribution in [1.29, 1.82) is 0 Å². The van der Waals surface area contributed by atoms with Gasteiger partial charge in [0.1, 0.15) is 0 Å². The zero-order valence-electron chi connectivity index (χ0n) is 14.9. The number of aromatic nitrogens is 2. The molecule has 3 rings (SSSR count). The van der Waals surface area contributed by atoms with Gasteiger partial charge in [0.15, 0.2) is 11.4 Å². The Balaban J connectivity index is 1.81. The number of carbonyl (C=O) groups is 1. The van der Waals surface area contributed by atoms with Crippen molar-refractivity contribution >= 4 is 5.91 Å². The summed E-state index contributed by atoms with van der Waals surface area (Å²) in [5, 5.41) is 10.9. The fraction of sp³-hybridized carbons (Fsp3) is 0.474. The van der Waals surface area contributed by atoms with Crippen LogP contribution >= 0.6 is 0 Å². The van der Waals surface area contributed by atoms with E-state index in [2.05, 4.69) is 29.6 Å². The molecule has 1 amide bonds. The van der Waals surface area contributed by atoms with Crippen LogP contribution in [0.3, 0.4) is 0 Å². The van der Waals surface area contributed by atoms with Crippen molar-refractivity contribution in [2.45, 2.75) is 32.7 Å². The van der Waals surface area contributed by atoms with E-state index in [4.69, 9.17) is 4.74 Å². The SMILES string of the molecule is CC(C)COc1cn(-c2ccccc2)nc1C(=O)NC1CCCNC1. The third-order valence-electron chi connectivity index (χ3n) is 4.12. The number of nitrogens with one attached hydrogen (secondary N) is 2. The minimum absolute atomic E-state index is 0.140. The van der Waals surface area contributed by atoms with Gasteiger partial charge in [0.05, 0.1) is 18.5 Å². The second-order valence-electron chi connectivity index (χ2n) is 6.84. The summed E-state index contributed by atoms with van der Waals surface area (Å²) in [5.74, 6) is 0.722. The molecule has 1 aliphatic heterocycles. The van der Waals surface area contributed by atoms with Crippen molar-refractivity contribution in [2.24, 2.45) is 5.92 Å². The summed E-state index contributed by atoms with van der Waals surface area (Å²) in [4.78, 5) is 12.7. The van der Waals surface area contributed by atoms with E-state index in [0.717, 1.165) is 31.6 Å². The van der Waals surface area contributed by atoms with Crippen molar-refractivity contribution in [3.63, 3.8) is 0 Å². The maximum absolute atomic E-state index is 12.7. The summed E-state index contributed by atoms with van der Waals surface area (Å²) in [5.41, 5.74) is 1.24. The van der Waals surface area contributed by atoms with Crippen molar-refractivity contribution in [3.8, 4) is 11.4 Å². The minimum Gasteiger partial charge on any atom is -0.489 e. The fourth-order valence-electron chi connectivity index (χ4n) is 2.82. The first-order valence-electron chi connectivity index (χ1n) is 8.93. The Hall–Kier alpha value is -2.34. The summed E-state index contributed by atoms with van der Waals surface area (Å²) in [7, 11) is 0. The normalized spacial score (nSPS) is 17.5. The Bertz CT molecular complexity index is 691. The Morgan fingerprint density at radius 3 is 2.88 bits per heavy atom. The van der Waals surface area contributed by atoms with E-state index in [1.165, 1.54) is 0 Å². The van der Waals surface area contributed by atoms with Gasteiger partial charge in [-0.25, -0.2) is 4.68 Å². The molecule has 2 N–H and O–H groups in total. The molecule has 1 aliphatic rings. The van der Waals surface area contributed by atoms with Crippen LogP contribution in [0.2, 0.25) is 0 Å². The number of ether oxygens (including phenoxy) is 1. The van der Waals surface area contributed by atoms with Crippen LogP contribution in [0, 0.1) is 5.92 Å². The highest BCUT2D eigenvalue weighted by Gasteiger charge is 2.23. The Kier molecular flexibility index (Phi) is 5.71. The monoisotopic (exact) mass is 342 g/mol. The summed E-state index contributed by atoms with van der Waals surface area (Å²) in [6.45, 7) is 6.51. The molecule has 0 saturated carbocycles. The summed E-state index contributed by atoms with van der Waals surface area (Å²) < 4.78 is 7.55. The second kappa shape index (κ2) is 8.16. The molecule has 0 bridgehead atoms. The number of hydrogen-bond donors (Lipinski definition) is 2. The maximum Gasteiger partial charge on any atom is 0.275 e. The molecular formula is C19H26N4O2. The molecular weight excluding hydrogens is 316 g/mol. The van der Waals surface area contributed by atoms with E-state index < -0.39 is 0 Å². The van der Waals surface area contributed by atoms with Gasteiger partial charge in [0.25, 0.3) is 5.91 Å². The molecule has 1 unspecified atom stereocenters. The highest BCUT2D eigenvalue weighted by Crippen LogP contribution is 2.21. The molecule has 1 fully saturated rings. The Morgan fingerprint density at radius 2 is 2.20 bits per heavy atom. The third kappa shape index (κ3) is 4.60. The van der Waals surface area contributed by atoms with Gasteiger partial charge in [-0.15, -0.1) is 0 Å². The van der Waals surface area contributed by atoms with Crippen LogP contribution in [0.15, 0.2) is 36.5 Å². The molecule has 2 heterocycles. The molecule has 2 aromatic rings. The second-order valence-corrected chi connectivity index (χ2v) is 6.84. The van der Waals surface area contributed by atoms with Gasteiger partial charge >= 0.3 is 0 Å². The molecule has 1 atom stereocenters. The van der Waals surface area contributed by atoms with E-state index in [0.29, 0.717) is 24.0 Å². The smallest absolute Gasteiger partial charge is 0.275 e. The predicted octanol–water partition coefficient (Wildman–Crippen LogP) is 2.39. The first-order valence-corrected chi connectivity index (χ1v) is 8.93. The van der Waals surface area contributed by atoms with Gasteiger partial charge in [-0.3, -0.25) is 4.79 Å². The van der Waals surface area contributed by atoms with Gasteiger partial charge in [0.2, 0.25) is 0 Å². The van der Waals surface area contributed by atoms with E-state index in [9.17, 15) is 4.79 Å². The van der Waals surface area contributed by atoms with Crippen LogP contribution in [-0.4, -0.2) is 41.4 Å². The lowest BCUT2D eigenvalue weighted by atomic mass is 10.1. The Labute approximate surface area is 148 Å². The topological polar surface area (TPSA) is 68.2 Å².